The molecule has 1 fully saturated rings. The minimum absolute atomic E-state index is 0.0573. The molecule has 3 rings (SSSR count). The van der Waals surface area contributed by atoms with Gasteiger partial charge in [-0.3, -0.25) is 4.79 Å². The number of carbonyl (C=O) groups is 1. The summed E-state index contributed by atoms with van der Waals surface area (Å²) in [4.78, 5) is 14.8. The summed E-state index contributed by atoms with van der Waals surface area (Å²) < 4.78 is 2.25. The van der Waals surface area contributed by atoms with Gasteiger partial charge in [-0.2, -0.15) is 0 Å². The van der Waals surface area contributed by atoms with Crippen LogP contribution < -0.4 is 0 Å². The number of alkyl halides is 1. The molecule has 26 heavy (non-hydrogen) atoms. The van der Waals surface area contributed by atoms with Gasteiger partial charge in [-0.05, 0) is 44.4 Å². The molecule has 1 aromatic heterocycles. The van der Waals surface area contributed by atoms with Crippen LogP contribution in [0, 0.1) is 6.92 Å². The molecule has 1 aliphatic carbocycles. The van der Waals surface area contributed by atoms with Gasteiger partial charge in [-0.1, -0.05) is 49.1 Å². The normalized spacial score (nSPS) is 16.4. The molecule has 1 unspecified atom stereocenters. The number of hydrogen-bond donors (Lipinski definition) is 0. The molecule has 0 aliphatic heterocycles. The van der Waals surface area contributed by atoms with E-state index in [1.807, 2.05) is 4.90 Å². The number of rotatable bonds is 6. The molecule has 0 bridgehead atoms. The lowest BCUT2D eigenvalue weighted by Crippen LogP contribution is -2.44. The number of benzene rings is 1. The first-order valence-electron chi connectivity index (χ1n) is 9.68. The summed E-state index contributed by atoms with van der Waals surface area (Å²) in [7, 11) is 0. The van der Waals surface area contributed by atoms with Crippen LogP contribution in [-0.4, -0.2) is 26.8 Å². The lowest BCUT2D eigenvalue weighted by Gasteiger charge is -2.35. The van der Waals surface area contributed by atoms with E-state index in [1.54, 1.807) is 6.92 Å². The van der Waals surface area contributed by atoms with Crippen molar-refractivity contribution < 1.29 is 4.79 Å². The summed E-state index contributed by atoms with van der Waals surface area (Å²) in [5, 5.41) is -0.475. The number of aromatic nitrogens is 1. The van der Waals surface area contributed by atoms with Crippen LogP contribution in [-0.2, 0) is 17.9 Å². The quantitative estimate of drug-likeness (QED) is 0.645. The van der Waals surface area contributed by atoms with Crippen molar-refractivity contribution in [3.05, 3.63) is 59.4 Å². The molecular weight excluding hydrogens is 344 g/mol. The van der Waals surface area contributed by atoms with Crippen molar-refractivity contribution in [2.75, 3.05) is 0 Å². The van der Waals surface area contributed by atoms with Crippen molar-refractivity contribution in [3.8, 4) is 0 Å². The molecule has 1 heterocycles. The minimum Gasteiger partial charge on any atom is -0.345 e. The number of halogens is 1. The molecule has 0 radical (unpaired) electrons. The summed E-state index contributed by atoms with van der Waals surface area (Å²) in [6, 6.07) is 13.1. The maximum atomic E-state index is 12.8. The molecule has 1 amide bonds. The maximum absolute atomic E-state index is 12.8. The van der Waals surface area contributed by atoms with Crippen molar-refractivity contribution >= 4 is 17.5 Å². The summed E-state index contributed by atoms with van der Waals surface area (Å²) in [5.41, 5.74) is 3.72. The Morgan fingerprint density at radius 1 is 1.23 bits per heavy atom. The fraction of sp³-hybridized carbons (Fsp3) is 0.500. The first-order valence-corrected chi connectivity index (χ1v) is 10.1. The van der Waals surface area contributed by atoms with Gasteiger partial charge >= 0.3 is 0 Å². The molecular formula is C22H29ClN2O. The average Bonchev–Trinajstić information content (AvgIpc) is 3.06. The second-order valence-electron chi connectivity index (χ2n) is 7.49. The van der Waals surface area contributed by atoms with Crippen LogP contribution >= 0.6 is 11.6 Å². The van der Waals surface area contributed by atoms with Gasteiger partial charge in [-0.15, -0.1) is 11.6 Å². The Labute approximate surface area is 162 Å². The molecule has 0 N–H and O–H groups in total. The SMILES string of the molecule is Cc1cccc(Cn2cccc2CN(C(=O)C(C)Cl)C2CCCCC2)c1. The van der Waals surface area contributed by atoms with Crippen molar-refractivity contribution in [3.63, 3.8) is 0 Å². The number of aryl methyl sites for hydroxylation is 1. The topological polar surface area (TPSA) is 25.2 Å². The van der Waals surface area contributed by atoms with Crippen LogP contribution in [0.1, 0.15) is 55.8 Å². The van der Waals surface area contributed by atoms with Gasteiger partial charge < -0.3 is 9.47 Å². The van der Waals surface area contributed by atoms with Gasteiger partial charge in [0.05, 0.1) is 6.54 Å². The van der Waals surface area contributed by atoms with Crippen molar-refractivity contribution in [2.45, 2.75) is 70.5 Å². The highest BCUT2D eigenvalue weighted by molar-refractivity contribution is 6.30. The molecule has 1 aliphatic rings. The van der Waals surface area contributed by atoms with E-state index >= 15 is 0 Å². The van der Waals surface area contributed by atoms with E-state index in [9.17, 15) is 4.79 Å². The molecule has 1 aromatic carbocycles. The number of hydrogen-bond acceptors (Lipinski definition) is 1. The molecule has 4 heteroatoms. The Morgan fingerprint density at radius 3 is 2.69 bits per heavy atom. The molecule has 2 aromatic rings. The zero-order chi connectivity index (χ0) is 18.5. The second kappa shape index (κ2) is 8.77. The molecule has 1 saturated carbocycles. The van der Waals surface area contributed by atoms with Crippen LogP contribution in [0.4, 0.5) is 0 Å². The highest BCUT2D eigenvalue weighted by Crippen LogP contribution is 2.26. The zero-order valence-corrected chi connectivity index (χ0v) is 16.6. The molecule has 3 nitrogen and oxygen atoms in total. The summed E-state index contributed by atoms with van der Waals surface area (Å²) >= 11 is 6.17. The Balaban J connectivity index is 1.78. The van der Waals surface area contributed by atoms with Gasteiger partial charge in [0.1, 0.15) is 5.38 Å². The lowest BCUT2D eigenvalue weighted by molar-refractivity contribution is -0.134. The third-order valence-electron chi connectivity index (χ3n) is 5.33. The molecule has 0 spiro atoms. The Bertz CT molecular complexity index is 731. The van der Waals surface area contributed by atoms with E-state index in [1.165, 1.54) is 36.1 Å². The Kier molecular flexibility index (Phi) is 6.42. The number of carbonyl (C=O) groups excluding carboxylic acids is 1. The monoisotopic (exact) mass is 372 g/mol. The first kappa shape index (κ1) is 19.0. The largest absolute Gasteiger partial charge is 0.345 e. The van der Waals surface area contributed by atoms with Crippen LogP contribution in [0.3, 0.4) is 0 Å². The van der Waals surface area contributed by atoms with Crippen molar-refractivity contribution in [1.82, 2.24) is 9.47 Å². The van der Waals surface area contributed by atoms with E-state index < -0.39 is 5.38 Å². The van der Waals surface area contributed by atoms with Crippen LogP contribution in [0.5, 0.6) is 0 Å². The number of nitrogens with zero attached hydrogens (tertiary/aromatic N) is 2. The van der Waals surface area contributed by atoms with E-state index in [2.05, 4.69) is 54.1 Å². The fourth-order valence-electron chi connectivity index (χ4n) is 3.94. The Morgan fingerprint density at radius 2 is 2.00 bits per heavy atom. The predicted molar refractivity (Wildman–Crippen MR) is 107 cm³/mol. The fourth-order valence-corrected chi connectivity index (χ4v) is 4.06. The highest BCUT2D eigenvalue weighted by Gasteiger charge is 2.28. The van der Waals surface area contributed by atoms with Crippen LogP contribution in [0.25, 0.3) is 0 Å². The van der Waals surface area contributed by atoms with E-state index in [0.29, 0.717) is 12.6 Å². The average molecular weight is 373 g/mol. The number of amides is 1. The smallest absolute Gasteiger partial charge is 0.240 e. The predicted octanol–water partition coefficient (Wildman–Crippen LogP) is 5.13. The molecule has 0 saturated heterocycles. The van der Waals surface area contributed by atoms with E-state index in [-0.39, 0.29) is 5.91 Å². The third kappa shape index (κ3) is 4.70. The molecule has 140 valence electrons. The van der Waals surface area contributed by atoms with E-state index in [0.717, 1.165) is 19.4 Å². The summed E-state index contributed by atoms with van der Waals surface area (Å²) in [6.45, 7) is 5.36. The lowest BCUT2D eigenvalue weighted by atomic mass is 9.94. The Hall–Kier alpha value is -1.74. The standard InChI is InChI=1S/C22H29ClN2O/c1-17-8-6-9-19(14-17)15-24-13-7-12-21(24)16-25(22(26)18(2)23)20-10-4-3-5-11-20/h6-9,12-14,18,20H,3-5,10-11,15-16H2,1-2H3. The summed E-state index contributed by atoms with van der Waals surface area (Å²) in [5.74, 6) is 0.0573. The van der Waals surface area contributed by atoms with Crippen LogP contribution in [0.2, 0.25) is 0 Å². The van der Waals surface area contributed by atoms with Crippen molar-refractivity contribution in [2.24, 2.45) is 0 Å². The van der Waals surface area contributed by atoms with Gasteiger partial charge in [-0.25, -0.2) is 0 Å². The highest BCUT2D eigenvalue weighted by atomic mass is 35.5. The van der Waals surface area contributed by atoms with E-state index in [4.69, 9.17) is 11.6 Å². The third-order valence-corrected chi connectivity index (χ3v) is 5.52. The van der Waals surface area contributed by atoms with Crippen molar-refractivity contribution in [1.29, 1.82) is 0 Å². The van der Waals surface area contributed by atoms with Gasteiger partial charge in [0.2, 0.25) is 5.91 Å². The van der Waals surface area contributed by atoms with Crippen LogP contribution in [0.15, 0.2) is 42.6 Å². The maximum Gasteiger partial charge on any atom is 0.240 e. The second-order valence-corrected chi connectivity index (χ2v) is 8.15. The first-order chi connectivity index (χ1) is 12.5. The zero-order valence-electron chi connectivity index (χ0n) is 15.8. The summed E-state index contributed by atoms with van der Waals surface area (Å²) in [6.07, 6.45) is 7.97. The minimum atomic E-state index is -0.475. The molecule has 1 atom stereocenters. The van der Waals surface area contributed by atoms with Gasteiger partial charge in [0.15, 0.2) is 0 Å². The van der Waals surface area contributed by atoms with Gasteiger partial charge in [0.25, 0.3) is 0 Å². The van der Waals surface area contributed by atoms with Gasteiger partial charge in [0, 0.05) is 24.5 Å².